The van der Waals surface area contributed by atoms with E-state index in [-0.39, 0.29) is 0 Å². The molecule has 0 unspecified atom stereocenters. The largest absolute Gasteiger partial charge is 0.480 e. The molecule has 18 heavy (non-hydrogen) atoms. The Kier molecular flexibility index (Phi) is 5.16. The molecule has 5 heteroatoms. The van der Waals surface area contributed by atoms with Crippen LogP contribution < -0.4 is 5.32 Å². The Balaban J connectivity index is 2.86. The molecule has 1 amide bonds. The van der Waals surface area contributed by atoms with Gasteiger partial charge in [0, 0.05) is 10.6 Å². The van der Waals surface area contributed by atoms with Crippen LogP contribution in [0.3, 0.4) is 0 Å². The molecule has 2 N–H and O–H groups in total. The van der Waals surface area contributed by atoms with Gasteiger partial charge in [0.1, 0.15) is 6.04 Å². The summed E-state index contributed by atoms with van der Waals surface area (Å²) in [7, 11) is 0. The molecule has 0 heterocycles. The number of aliphatic carboxylic acids is 1. The third kappa shape index (κ3) is 3.74. The van der Waals surface area contributed by atoms with Crippen LogP contribution in [0.5, 0.6) is 0 Å². The maximum atomic E-state index is 12.0. The van der Waals surface area contributed by atoms with Crippen molar-refractivity contribution in [1.29, 1.82) is 0 Å². The Morgan fingerprint density at radius 2 is 2.11 bits per heavy atom. The molecule has 0 saturated heterocycles. The number of carboxylic acids is 1. The van der Waals surface area contributed by atoms with Gasteiger partial charge in [0.25, 0.3) is 5.91 Å². The molecule has 1 rings (SSSR count). The van der Waals surface area contributed by atoms with Gasteiger partial charge < -0.3 is 10.4 Å². The van der Waals surface area contributed by atoms with Crippen molar-refractivity contribution in [1.82, 2.24) is 5.32 Å². The van der Waals surface area contributed by atoms with E-state index in [1.165, 1.54) is 6.07 Å². The lowest BCUT2D eigenvalue weighted by Crippen LogP contribution is -2.40. The molecule has 0 saturated carbocycles. The maximum Gasteiger partial charge on any atom is 0.326 e. The first-order valence-corrected chi connectivity index (χ1v) is 6.13. The standard InChI is InChI=1S/C13H16ClNO3/c1-3-4-11(13(17)18)15-12(16)10-7-9(14)6-5-8(10)2/h5-7,11H,3-4H2,1-2H3,(H,15,16)(H,17,18)/t11-/m0/s1. The summed E-state index contributed by atoms with van der Waals surface area (Å²) in [6.45, 7) is 3.65. The average Bonchev–Trinajstić information content (AvgIpc) is 2.31. The zero-order chi connectivity index (χ0) is 13.7. The fourth-order valence-electron chi connectivity index (χ4n) is 1.62. The van der Waals surface area contributed by atoms with Crippen molar-refractivity contribution in [3.8, 4) is 0 Å². The lowest BCUT2D eigenvalue weighted by Gasteiger charge is -2.14. The molecular formula is C13H16ClNO3. The Morgan fingerprint density at radius 3 is 2.67 bits per heavy atom. The van der Waals surface area contributed by atoms with Gasteiger partial charge in [0.05, 0.1) is 0 Å². The Hall–Kier alpha value is -1.55. The number of carboxylic acid groups (broad SMARTS) is 1. The lowest BCUT2D eigenvalue weighted by molar-refractivity contribution is -0.139. The zero-order valence-corrected chi connectivity index (χ0v) is 11.1. The second kappa shape index (κ2) is 6.40. The van der Waals surface area contributed by atoms with Crippen molar-refractivity contribution in [3.63, 3.8) is 0 Å². The summed E-state index contributed by atoms with van der Waals surface area (Å²) in [4.78, 5) is 22.9. The van der Waals surface area contributed by atoms with Crippen LogP contribution in [0.2, 0.25) is 5.02 Å². The smallest absolute Gasteiger partial charge is 0.326 e. The van der Waals surface area contributed by atoms with E-state index < -0.39 is 17.9 Å². The van der Waals surface area contributed by atoms with Gasteiger partial charge in [-0.05, 0) is 31.0 Å². The maximum absolute atomic E-state index is 12.0. The van der Waals surface area contributed by atoms with E-state index in [9.17, 15) is 9.59 Å². The second-order valence-electron chi connectivity index (χ2n) is 4.11. The van der Waals surface area contributed by atoms with Crippen LogP contribution in [0.4, 0.5) is 0 Å². The molecule has 0 aromatic heterocycles. The molecule has 0 aliphatic carbocycles. The number of hydrogen-bond acceptors (Lipinski definition) is 2. The van der Waals surface area contributed by atoms with Gasteiger partial charge in [-0.2, -0.15) is 0 Å². The number of rotatable bonds is 5. The molecular weight excluding hydrogens is 254 g/mol. The van der Waals surface area contributed by atoms with Crippen LogP contribution in [0.25, 0.3) is 0 Å². The summed E-state index contributed by atoms with van der Waals surface area (Å²) in [5.74, 6) is -1.43. The van der Waals surface area contributed by atoms with E-state index in [1.807, 2.05) is 6.92 Å². The number of halogens is 1. The molecule has 1 aromatic rings. The molecule has 0 spiro atoms. The second-order valence-corrected chi connectivity index (χ2v) is 4.55. The predicted octanol–water partition coefficient (Wildman–Crippen LogP) is 2.63. The van der Waals surface area contributed by atoms with Gasteiger partial charge in [-0.25, -0.2) is 4.79 Å². The van der Waals surface area contributed by atoms with Crippen molar-refractivity contribution >= 4 is 23.5 Å². The van der Waals surface area contributed by atoms with Crippen molar-refractivity contribution in [2.75, 3.05) is 0 Å². The molecule has 1 aromatic carbocycles. The minimum Gasteiger partial charge on any atom is -0.480 e. The Morgan fingerprint density at radius 1 is 1.44 bits per heavy atom. The number of nitrogens with one attached hydrogen (secondary N) is 1. The predicted molar refractivity (Wildman–Crippen MR) is 70.0 cm³/mol. The number of aryl methyl sites for hydroxylation is 1. The van der Waals surface area contributed by atoms with Crippen LogP contribution in [0.1, 0.15) is 35.7 Å². The van der Waals surface area contributed by atoms with E-state index >= 15 is 0 Å². The normalized spacial score (nSPS) is 11.9. The highest BCUT2D eigenvalue weighted by Gasteiger charge is 2.20. The van der Waals surface area contributed by atoms with Gasteiger partial charge in [0.15, 0.2) is 0 Å². The molecule has 0 aliphatic heterocycles. The number of carbonyl (C=O) groups is 2. The minimum absolute atomic E-state index is 0.403. The van der Waals surface area contributed by atoms with E-state index in [0.717, 1.165) is 5.56 Å². The van der Waals surface area contributed by atoms with Crippen molar-refractivity contribution in [2.45, 2.75) is 32.7 Å². The first-order valence-electron chi connectivity index (χ1n) is 5.75. The molecule has 1 atom stereocenters. The highest BCUT2D eigenvalue weighted by atomic mass is 35.5. The zero-order valence-electron chi connectivity index (χ0n) is 10.4. The van der Waals surface area contributed by atoms with Crippen LogP contribution in [0, 0.1) is 6.92 Å². The third-order valence-corrected chi connectivity index (χ3v) is 2.86. The van der Waals surface area contributed by atoms with E-state index in [4.69, 9.17) is 16.7 Å². The summed E-state index contributed by atoms with van der Waals surface area (Å²) >= 11 is 5.82. The van der Waals surface area contributed by atoms with Crippen molar-refractivity contribution in [2.24, 2.45) is 0 Å². The minimum atomic E-state index is -1.02. The number of carbonyl (C=O) groups excluding carboxylic acids is 1. The van der Waals surface area contributed by atoms with Crippen LogP contribution in [0.15, 0.2) is 18.2 Å². The van der Waals surface area contributed by atoms with E-state index in [0.29, 0.717) is 23.4 Å². The number of benzene rings is 1. The number of hydrogen-bond donors (Lipinski definition) is 2. The third-order valence-electron chi connectivity index (χ3n) is 2.63. The van der Waals surface area contributed by atoms with Gasteiger partial charge in [0.2, 0.25) is 0 Å². The van der Waals surface area contributed by atoms with E-state index in [2.05, 4.69) is 5.32 Å². The Bertz CT molecular complexity index is 460. The Labute approximate surface area is 111 Å². The lowest BCUT2D eigenvalue weighted by atomic mass is 10.1. The summed E-state index contributed by atoms with van der Waals surface area (Å²) in [5.41, 5.74) is 1.17. The first kappa shape index (κ1) is 14.5. The van der Waals surface area contributed by atoms with Crippen LogP contribution in [-0.2, 0) is 4.79 Å². The molecule has 4 nitrogen and oxygen atoms in total. The highest BCUT2D eigenvalue weighted by molar-refractivity contribution is 6.31. The summed E-state index contributed by atoms with van der Waals surface area (Å²) < 4.78 is 0. The SMILES string of the molecule is CCC[C@H](NC(=O)c1cc(Cl)ccc1C)C(=O)O. The topological polar surface area (TPSA) is 66.4 Å². The number of amides is 1. The van der Waals surface area contributed by atoms with Gasteiger partial charge in [-0.15, -0.1) is 0 Å². The highest BCUT2D eigenvalue weighted by Crippen LogP contribution is 2.15. The van der Waals surface area contributed by atoms with Gasteiger partial charge in [-0.1, -0.05) is 31.0 Å². The fourth-order valence-corrected chi connectivity index (χ4v) is 1.79. The van der Waals surface area contributed by atoms with Crippen LogP contribution in [-0.4, -0.2) is 23.0 Å². The molecule has 0 aliphatic rings. The molecule has 0 radical (unpaired) electrons. The van der Waals surface area contributed by atoms with E-state index in [1.54, 1.807) is 19.1 Å². The fraction of sp³-hybridized carbons (Fsp3) is 0.385. The first-order chi connectivity index (χ1) is 8.45. The molecule has 0 bridgehead atoms. The monoisotopic (exact) mass is 269 g/mol. The average molecular weight is 270 g/mol. The van der Waals surface area contributed by atoms with Crippen LogP contribution >= 0.6 is 11.6 Å². The molecule has 0 fully saturated rings. The van der Waals surface area contributed by atoms with Crippen molar-refractivity contribution in [3.05, 3.63) is 34.3 Å². The van der Waals surface area contributed by atoms with Gasteiger partial charge in [-0.3, -0.25) is 4.79 Å². The van der Waals surface area contributed by atoms with Crippen molar-refractivity contribution < 1.29 is 14.7 Å². The summed E-state index contributed by atoms with van der Waals surface area (Å²) in [5, 5.41) is 11.9. The van der Waals surface area contributed by atoms with Gasteiger partial charge >= 0.3 is 5.97 Å². The summed E-state index contributed by atoms with van der Waals surface area (Å²) in [6, 6.07) is 4.10. The summed E-state index contributed by atoms with van der Waals surface area (Å²) in [6.07, 6.45) is 1.09. The quantitative estimate of drug-likeness (QED) is 0.863. The molecule has 98 valence electrons.